The molecule has 104 valence electrons. The maximum atomic E-state index is 14.4. The zero-order chi connectivity index (χ0) is 16.2. The first kappa shape index (κ1) is 16.0. The van der Waals surface area contributed by atoms with E-state index in [1.807, 2.05) is 0 Å². The molecule has 0 aliphatic rings. The van der Waals surface area contributed by atoms with Gasteiger partial charge in [0.1, 0.15) is 23.5 Å². The van der Waals surface area contributed by atoms with E-state index in [1.165, 1.54) is 18.2 Å². The summed E-state index contributed by atoms with van der Waals surface area (Å²) in [4.78, 5) is 0. The summed E-state index contributed by atoms with van der Waals surface area (Å²) in [6.45, 7) is 4.50. The van der Waals surface area contributed by atoms with Crippen LogP contribution in [0.3, 0.4) is 0 Å². The standard InChI is InChI=1S/C15H8F3N3/c1-3-4-10-12(9(6-20)7-21)15(18)14(17)11(13(10)16)8(2)5-19/h3H,1,4H2,2H3. The molecule has 0 aromatic heterocycles. The van der Waals surface area contributed by atoms with E-state index < -0.39 is 33.5 Å². The predicted octanol–water partition coefficient (Wildman–Crippen LogP) is 1.72. The number of hydrogen-bond acceptors (Lipinski definition) is 3. The minimum Gasteiger partial charge on any atom is -0.206 e. The van der Waals surface area contributed by atoms with Gasteiger partial charge in [0.05, 0.1) is 11.3 Å². The molecule has 1 rings (SSSR count). The molecule has 21 heavy (non-hydrogen) atoms. The Hall–Kier alpha value is -3.04. The Morgan fingerprint density at radius 1 is 1.00 bits per heavy atom. The number of nitrogens with zero attached hydrogens (tertiary/aromatic N) is 3. The number of rotatable bonds is 2. The molecule has 0 atom stereocenters. The summed E-state index contributed by atoms with van der Waals surface area (Å²) >= 11 is 0. The first-order valence-corrected chi connectivity index (χ1v) is 5.66. The Kier molecular flexibility index (Phi) is 4.89. The summed E-state index contributed by atoms with van der Waals surface area (Å²) in [5.41, 5.74) is -1.48. The van der Waals surface area contributed by atoms with E-state index in [0.717, 1.165) is 6.92 Å². The molecule has 6 heteroatoms. The summed E-state index contributed by atoms with van der Waals surface area (Å²) in [7, 11) is 0. The van der Waals surface area contributed by atoms with Crippen LogP contribution in [0.1, 0.15) is 12.5 Å². The third kappa shape index (κ3) is 2.63. The van der Waals surface area contributed by atoms with E-state index in [4.69, 9.17) is 15.8 Å². The van der Waals surface area contributed by atoms with Gasteiger partial charge in [-0.25, -0.2) is 13.2 Å². The molecule has 0 amide bonds. The molecular formula is C15H8F3N3. The Morgan fingerprint density at radius 3 is 1.95 bits per heavy atom. The minimum absolute atomic E-state index is 0.225. The van der Waals surface area contributed by atoms with Gasteiger partial charge in [-0.15, -0.1) is 6.58 Å². The highest BCUT2D eigenvalue weighted by Gasteiger charge is 2.20. The van der Waals surface area contributed by atoms with Crippen molar-refractivity contribution in [3.05, 3.63) is 46.1 Å². The highest BCUT2D eigenvalue weighted by molar-refractivity contribution is 5.73. The molecule has 0 aliphatic heterocycles. The van der Waals surface area contributed by atoms with Crippen LogP contribution in [-0.2, 0) is 6.42 Å². The monoisotopic (exact) mass is 287 g/mol. The van der Waals surface area contributed by atoms with Crippen LogP contribution in [0.25, 0.3) is 11.1 Å². The molecule has 0 spiro atoms. The summed E-state index contributed by atoms with van der Waals surface area (Å²) in [5, 5.41) is 24.8. The van der Waals surface area contributed by atoms with E-state index in [0.29, 0.717) is 0 Å². The molecule has 0 radical (unpaired) electrons. The minimum atomic E-state index is -1.60. The van der Waals surface area contributed by atoms with Gasteiger partial charge in [0.2, 0.25) is 0 Å². The molecule has 0 heterocycles. The maximum absolute atomic E-state index is 14.4. The van der Waals surface area contributed by atoms with Gasteiger partial charge < -0.3 is 0 Å². The summed E-state index contributed by atoms with van der Waals surface area (Å²) in [5.74, 6) is -4.31. The van der Waals surface area contributed by atoms with Gasteiger partial charge in [0.25, 0.3) is 0 Å². The van der Waals surface area contributed by atoms with Crippen molar-refractivity contribution >= 4 is 11.1 Å². The first-order chi connectivity index (χ1) is 9.94. The number of hydrogen-bond donors (Lipinski definition) is 0. The smallest absolute Gasteiger partial charge is 0.170 e. The van der Waals surface area contributed by atoms with Gasteiger partial charge >= 0.3 is 0 Å². The fourth-order valence-corrected chi connectivity index (χ4v) is 1.83. The average Bonchev–Trinajstić information content (AvgIpc) is 2.48. The molecule has 0 unspecified atom stereocenters. The number of halogens is 3. The van der Waals surface area contributed by atoms with Gasteiger partial charge in [-0.3, -0.25) is 0 Å². The van der Waals surface area contributed by atoms with Crippen LogP contribution in [0.4, 0.5) is 13.2 Å². The number of nitriles is 3. The fourth-order valence-electron chi connectivity index (χ4n) is 1.83. The predicted molar refractivity (Wildman–Crippen MR) is 68.8 cm³/mol. The molecule has 0 saturated heterocycles. The molecule has 0 fully saturated rings. The highest BCUT2D eigenvalue weighted by atomic mass is 19.2. The van der Waals surface area contributed by atoms with Crippen molar-refractivity contribution in [1.29, 1.82) is 15.8 Å². The normalized spacial score (nSPS) is 10.9. The van der Waals surface area contributed by atoms with Crippen molar-refractivity contribution in [1.82, 2.24) is 0 Å². The van der Waals surface area contributed by atoms with Crippen LogP contribution in [0.5, 0.6) is 0 Å². The SMILES string of the molecule is C=CCc1c(F)c(=C(C)C#N)c(F)c(F)c1=C(C#N)C#N. The third-order valence-corrected chi connectivity index (χ3v) is 2.78. The summed E-state index contributed by atoms with van der Waals surface area (Å²) < 4.78 is 42.5. The first-order valence-electron chi connectivity index (χ1n) is 5.66. The van der Waals surface area contributed by atoms with Crippen LogP contribution >= 0.6 is 0 Å². The van der Waals surface area contributed by atoms with E-state index in [2.05, 4.69) is 6.58 Å². The zero-order valence-corrected chi connectivity index (χ0v) is 11.0. The second-order valence-electron chi connectivity index (χ2n) is 4.00. The van der Waals surface area contributed by atoms with Crippen molar-refractivity contribution in [2.24, 2.45) is 0 Å². The van der Waals surface area contributed by atoms with E-state index in [9.17, 15) is 13.2 Å². The number of allylic oxidation sites excluding steroid dienone is 1. The lowest BCUT2D eigenvalue weighted by molar-refractivity contribution is 0.474. The lowest BCUT2D eigenvalue weighted by Crippen LogP contribution is -2.31. The summed E-state index contributed by atoms with van der Waals surface area (Å²) in [6.07, 6.45) is 0.994. The van der Waals surface area contributed by atoms with Gasteiger partial charge in [-0.2, -0.15) is 15.8 Å². The van der Waals surface area contributed by atoms with Crippen LogP contribution in [0.2, 0.25) is 0 Å². The summed E-state index contributed by atoms with van der Waals surface area (Å²) in [6, 6.07) is 4.35. The number of benzene rings is 1. The third-order valence-electron chi connectivity index (χ3n) is 2.78. The average molecular weight is 287 g/mol. The molecular weight excluding hydrogens is 279 g/mol. The van der Waals surface area contributed by atoms with Crippen molar-refractivity contribution in [2.45, 2.75) is 13.3 Å². The van der Waals surface area contributed by atoms with E-state index in [1.54, 1.807) is 6.07 Å². The maximum Gasteiger partial charge on any atom is 0.170 e. The highest BCUT2D eigenvalue weighted by Crippen LogP contribution is 2.08. The quantitative estimate of drug-likeness (QED) is 0.614. The van der Waals surface area contributed by atoms with Crippen molar-refractivity contribution in [2.75, 3.05) is 0 Å². The molecule has 0 saturated carbocycles. The Bertz CT molecular complexity index is 846. The Morgan fingerprint density at radius 2 is 1.52 bits per heavy atom. The van der Waals surface area contributed by atoms with Gasteiger partial charge in [0, 0.05) is 16.4 Å². The van der Waals surface area contributed by atoms with Gasteiger partial charge in [0.15, 0.2) is 11.6 Å². The van der Waals surface area contributed by atoms with Crippen LogP contribution in [-0.4, -0.2) is 0 Å². The van der Waals surface area contributed by atoms with Crippen molar-refractivity contribution in [3.8, 4) is 18.2 Å². The largest absolute Gasteiger partial charge is 0.206 e. The van der Waals surface area contributed by atoms with Crippen LogP contribution in [0.15, 0.2) is 12.7 Å². The van der Waals surface area contributed by atoms with Gasteiger partial charge in [-0.1, -0.05) is 6.08 Å². The second-order valence-corrected chi connectivity index (χ2v) is 4.00. The van der Waals surface area contributed by atoms with Crippen molar-refractivity contribution in [3.63, 3.8) is 0 Å². The fraction of sp³-hybridized carbons (Fsp3) is 0.133. The molecule has 0 aliphatic carbocycles. The molecule has 0 bridgehead atoms. The van der Waals surface area contributed by atoms with E-state index in [-0.39, 0.29) is 17.6 Å². The molecule has 0 N–H and O–H groups in total. The zero-order valence-electron chi connectivity index (χ0n) is 11.0. The lowest BCUT2D eigenvalue weighted by Gasteiger charge is -2.07. The topological polar surface area (TPSA) is 71.4 Å². The molecule has 1 aromatic carbocycles. The Balaban J connectivity index is 4.33. The van der Waals surface area contributed by atoms with Crippen molar-refractivity contribution < 1.29 is 13.2 Å². The van der Waals surface area contributed by atoms with Crippen LogP contribution in [0, 0.1) is 51.4 Å². The second kappa shape index (κ2) is 6.41. The molecule has 1 aromatic rings. The lowest BCUT2D eigenvalue weighted by atomic mass is 10.0. The molecule has 3 nitrogen and oxygen atoms in total. The van der Waals surface area contributed by atoms with Crippen LogP contribution < -0.4 is 10.4 Å². The van der Waals surface area contributed by atoms with Gasteiger partial charge in [-0.05, 0) is 13.3 Å². The van der Waals surface area contributed by atoms with E-state index >= 15 is 0 Å². The Labute approximate surface area is 118 Å².